The Morgan fingerprint density at radius 1 is 1.10 bits per heavy atom. The lowest BCUT2D eigenvalue weighted by Gasteiger charge is -2.10. The number of nitrogens with zero attached hydrogens (tertiary/aromatic N) is 3. The summed E-state index contributed by atoms with van der Waals surface area (Å²) in [5, 5.41) is 3.31. The third kappa shape index (κ3) is 6.21. The van der Waals surface area contributed by atoms with Gasteiger partial charge in [0.2, 0.25) is 0 Å². The number of aryl methyl sites for hydroxylation is 2. The molecule has 0 saturated heterocycles. The monoisotopic (exact) mass is 399 g/mol. The first kappa shape index (κ1) is 21.1. The first-order valence-corrected chi connectivity index (χ1v) is 10.2. The maximum Gasteiger partial charge on any atom is 0.0949 e. The van der Waals surface area contributed by atoms with Crippen molar-refractivity contribution in [1.29, 1.82) is 0 Å². The van der Waals surface area contributed by atoms with E-state index in [0.717, 1.165) is 30.0 Å². The molecule has 2 N–H and O–H groups in total. The summed E-state index contributed by atoms with van der Waals surface area (Å²) in [5.74, 6) is 0. The van der Waals surface area contributed by atoms with Crippen molar-refractivity contribution in [3.63, 3.8) is 0 Å². The molecule has 0 spiro atoms. The Labute approximate surface area is 178 Å². The van der Waals surface area contributed by atoms with E-state index in [2.05, 4.69) is 77.1 Å². The maximum atomic E-state index is 4.02. The lowest BCUT2D eigenvalue weighted by molar-refractivity contribution is 0.788. The van der Waals surface area contributed by atoms with Crippen LogP contribution in [0.2, 0.25) is 0 Å². The number of allylic oxidation sites excluding steroid dienone is 1. The van der Waals surface area contributed by atoms with Crippen LogP contribution >= 0.6 is 0 Å². The van der Waals surface area contributed by atoms with Crippen LogP contribution in [0.25, 0.3) is 11.3 Å². The van der Waals surface area contributed by atoms with Crippen molar-refractivity contribution in [3.8, 4) is 11.3 Å². The fourth-order valence-corrected chi connectivity index (χ4v) is 3.17. The standard InChI is InChI=1S/C15H19N3.C10H10N2/c1-3-4-14-5-7-15(8-6-14)17-13(2)11-18-10-9-16-12-18;1-8-4-2-3-5-9(8)10-6-11-7-12-10/h5-10,12,17H,2-4,11H2,1H3;2-7H,1H3,(H,11,12). The van der Waals surface area contributed by atoms with Crippen LogP contribution in [-0.2, 0) is 13.0 Å². The smallest absolute Gasteiger partial charge is 0.0949 e. The molecule has 154 valence electrons. The van der Waals surface area contributed by atoms with E-state index >= 15 is 0 Å². The van der Waals surface area contributed by atoms with Gasteiger partial charge in [0.25, 0.3) is 0 Å². The molecule has 5 heteroatoms. The molecule has 2 heterocycles. The lowest BCUT2D eigenvalue weighted by atomic mass is 10.1. The Morgan fingerprint density at radius 2 is 1.90 bits per heavy atom. The molecule has 0 unspecified atom stereocenters. The first-order valence-electron chi connectivity index (χ1n) is 10.2. The molecular weight excluding hydrogens is 370 g/mol. The predicted octanol–water partition coefficient (Wildman–Crippen LogP) is 5.85. The van der Waals surface area contributed by atoms with E-state index in [1.807, 2.05) is 29.1 Å². The Bertz CT molecular complexity index is 1020. The van der Waals surface area contributed by atoms with Gasteiger partial charge in [-0.05, 0) is 36.6 Å². The van der Waals surface area contributed by atoms with Crippen molar-refractivity contribution in [1.82, 2.24) is 19.5 Å². The van der Waals surface area contributed by atoms with E-state index < -0.39 is 0 Å². The van der Waals surface area contributed by atoms with Gasteiger partial charge >= 0.3 is 0 Å². The minimum atomic E-state index is 0.733. The molecule has 0 amide bonds. The van der Waals surface area contributed by atoms with E-state index in [9.17, 15) is 0 Å². The van der Waals surface area contributed by atoms with Gasteiger partial charge in [0.1, 0.15) is 0 Å². The molecule has 2 aromatic heterocycles. The van der Waals surface area contributed by atoms with Crippen LogP contribution in [0.3, 0.4) is 0 Å². The SMILES string of the molecule is C=C(Cn1ccnc1)Nc1ccc(CCC)cc1.Cc1ccccc1-c1cnc[nH]1. The number of anilines is 1. The zero-order valence-corrected chi connectivity index (χ0v) is 17.7. The van der Waals surface area contributed by atoms with Gasteiger partial charge in [-0.15, -0.1) is 0 Å². The molecule has 0 saturated carbocycles. The predicted molar refractivity (Wildman–Crippen MR) is 124 cm³/mol. The van der Waals surface area contributed by atoms with Gasteiger partial charge in [0, 0.05) is 29.3 Å². The van der Waals surface area contributed by atoms with Gasteiger partial charge in [-0.2, -0.15) is 0 Å². The summed E-state index contributed by atoms with van der Waals surface area (Å²) >= 11 is 0. The highest BCUT2D eigenvalue weighted by Gasteiger charge is 2.00. The van der Waals surface area contributed by atoms with E-state index in [1.165, 1.54) is 23.1 Å². The fourth-order valence-electron chi connectivity index (χ4n) is 3.17. The molecule has 2 aromatic carbocycles. The Balaban J connectivity index is 0.000000184. The average molecular weight is 400 g/mol. The van der Waals surface area contributed by atoms with Gasteiger partial charge in [-0.3, -0.25) is 0 Å². The number of aromatic nitrogens is 4. The summed E-state index contributed by atoms with van der Waals surface area (Å²) in [5.41, 5.74) is 6.98. The van der Waals surface area contributed by atoms with Crippen LogP contribution in [0.4, 0.5) is 5.69 Å². The summed E-state index contributed by atoms with van der Waals surface area (Å²) in [4.78, 5) is 11.1. The minimum Gasteiger partial charge on any atom is -0.358 e. The lowest BCUT2D eigenvalue weighted by Crippen LogP contribution is -2.06. The second-order valence-electron chi connectivity index (χ2n) is 7.19. The minimum absolute atomic E-state index is 0.733. The number of hydrogen-bond acceptors (Lipinski definition) is 3. The van der Waals surface area contributed by atoms with Crippen LogP contribution in [0.15, 0.2) is 92.1 Å². The van der Waals surface area contributed by atoms with Gasteiger partial charge in [0.05, 0.1) is 31.1 Å². The summed E-state index contributed by atoms with van der Waals surface area (Å²) in [6.45, 7) is 9.04. The summed E-state index contributed by atoms with van der Waals surface area (Å²) in [7, 11) is 0. The quantitative estimate of drug-likeness (QED) is 0.410. The van der Waals surface area contributed by atoms with Gasteiger partial charge in [-0.1, -0.05) is 56.3 Å². The van der Waals surface area contributed by atoms with Gasteiger partial charge < -0.3 is 14.9 Å². The highest BCUT2D eigenvalue weighted by atomic mass is 15.0. The molecule has 4 rings (SSSR count). The topological polar surface area (TPSA) is 58.5 Å². The molecule has 0 aliphatic rings. The molecule has 4 aromatic rings. The number of imidazole rings is 2. The Kier molecular flexibility index (Phi) is 7.61. The highest BCUT2D eigenvalue weighted by molar-refractivity contribution is 5.62. The normalized spacial score (nSPS) is 10.2. The number of nitrogens with one attached hydrogen (secondary N) is 2. The number of H-pyrrole nitrogens is 1. The second-order valence-corrected chi connectivity index (χ2v) is 7.19. The molecule has 30 heavy (non-hydrogen) atoms. The highest BCUT2D eigenvalue weighted by Crippen LogP contribution is 2.19. The van der Waals surface area contributed by atoms with E-state index in [0.29, 0.717) is 0 Å². The maximum absolute atomic E-state index is 4.02. The van der Waals surface area contributed by atoms with E-state index in [4.69, 9.17) is 0 Å². The van der Waals surface area contributed by atoms with Crippen LogP contribution in [0, 0.1) is 6.92 Å². The number of benzene rings is 2. The zero-order valence-electron chi connectivity index (χ0n) is 17.7. The molecular formula is C25H29N5. The molecule has 0 aliphatic heterocycles. The molecule has 0 aliphatic carbocycles. The van der Waals surface area contributed by atoms with E-state index in [1.54, 1.807) is 18.9 Å². The Morgan fingerprint density at radius 3 is 2.53 bits per heavy atom. The van der Waals surface area contributed by atoms with Crippen LogP contribution < -0.4 is 5.32 Å². The number of aromatic amines is 1. The molecule has 0 radical (unpaired) electrons. The van der Waals surface area contributed by atoms with Crippen molar-refractivity contribution in [2.45, 2.75) is 33.2 Å². The third-order valence-corrected chi connectivity index (χ3v) is 4.68. The van der Waals surface area contributed by atoms with Crippen molar-refractivity contribution in [3.05, 3.63) is 103 Å². The first-order chi connectivity index (χ1) is 14.7. The van der Waals surface area contributed by atoms with Crippen LogP contribution in [0.5, 0.6) is 0 Å². The number of hydrogen-bond donors (Lipinski definition) is 2. The largest absolute Gasteiger partial charge is 0.358 e. The van der Waals surface area contributed by atoms with Gasteiger partial charge in [-0.25, -0.2) is 9.97 Å². The zero-order chi connectivity index (χ0) is 21.2. The molecule has 0 bridgehead atoms. The summed E-state index contributed by atoms with van der Waals surface area (Å²) in [6, 6.07) is 16.8. The van der Waals surface area contributed by atoms with Crippen LogP contribution in [0.1, 0.15) is 24.5 Å². The van der Waals surface area contributed by atoms with E-state index in [-0.39, 0.29) is 0 Å². The van der Waals surface area contributed by atoms with Crippen molar-refractivity contribution < 1.29 is 0 Å². The molecule has 0 fully saturated rings. The van der Waals surface area contributed by atoms with Crippen molar-refractivity contribution >= 4 is 5.69 Å². The number of rotatable bonds is 7. The molecule has 5 nitrogen and oxygen atoms in total. The van der Waals surface area contributed by atoms with Crippen LogP contribution in [-0.4, -0.2) is 19.5 Å². The molecule has 0 atom stereocenters. The van der Waals surface area contributed by atoms with Gasteiger partial charge in [0.15, 0.2) is 0 Å². The summed E-state index contributed by atoms with van der Waals surface area (Å²) in [6.07, 6.45) is 11.3. The summed E-state index contributed by atoms with van der Waals surface area (Å²) < 4.78 is 1.99. The van der Waals surface area contributed by atoms with Crippen molar-refractivity contribution in [2.24, 2.45) is 0 Å². The third-order valence-electron chi connectivity index (χ3n) is 4.68. The fraction of sp³-hybridized carbons (Fsp3) is 0.200. The van der Waals surface area contributed by atoms with Crippen molar-refractivity contribution in [2.75, 3.05) is 5.32 Å². The Hall–Kier alpha value is -3.60. The second kappa shape index (κ2) is 10.8. The average Bonchev–Trinajstić information content (AvgIpc) is 3.45.